The molecule has 3 N–H and O–H groups in total. The number of hydrogen-bond acceptors (Lipinski definition) is 4. The number of rotatable bonds is 5. The number of aliphatic hydroxyl groups is 1. The van der Waals surface area contributed by atoms with Gasteiger partial charge in [0.25, 0.3) is 0 Å². The fourth-order valence-corrected chi connectivity index (χ4v) is 2.49. The quantitative estimate of drug-likeness (QED) is 0.757. The smallest absolute Gasteiger partial charge is 0.248 e. The highest BCUT2D eigenvalue weighted by Gasteiger charge is 2.13. The lowest BCUT2D eigenvalue weighted by atomic mass is 10.2. The van der Waals surface area contributed by atoms with Crippen molar-refractivity contribution >= 4 is 15.7 Å². The third-order valence-corrected chi connectivity index (χ3v) is 3.89. The maximum atomic E-state index is 11.6. The summed E-state index contributed by atoms with van der Waals surface area (Å²) in [5, 5.41) is 8.57. The van der Waals surface area contributed by atoms with Gasteiger partial charge in [-0.2, -0.15) is 0 Å². The van der Waals surface area contributed by atoms with Crippen LogP contribution in [0.15, 0.2) is 29.2 Å². The van der Waals surface area contributed by atoms with E-state index in [9.17, 15) is 13.2 Å². The molecule has 16 heavy (non-hydrogen) atoms. The first-order chi connectivity index (χ1) is 7.47. The Labute approximate surface area is 93.8 Å². The predicted molar refractivity (Wildman–Crippen MR) is 58.7 cm³/mol. The van der Waals surface area contributed by atoms with Gasteiger partial charge < -0.3 is 10.8 Å². The monoisotopic (exact) mass is 243 g/mol. The molecule has 0 heterocycles. The van der Waals surface area contributed by atoms with Crippen molar-refractivity contribution in [1.29, 1.82) is 0 Å². The van der Waals surface area contributed by atoms with Gasteiger partial charge in [0.15, 0.2) is 9.84 Å². The molecule has 0 saturated heterocycles. The zero-order chi connectivity index (χ0) is 12.2. The Kier molecular flexibility index (Phi) is 4.03. The van der Waals surface area contributed by atoms with Gasteiger partial charge in [0.2, 0.25) is 5.91 Å². The van der Waals surface area contributed by atoms with Gasteiger partial charge in [-0.05, 0) is 30.7 Å². The lowest BCUT2D eigenvalue weighted by Crippen LogP contribution is -2.12. The second kappa shape index (κ2) is 5.09. The number of primary amides is 1. The molecule has 0 aliphatic rings. The molecule has 1 aromatic carbocycles. The van der Waals surface area contributed by atoms with Crippen LogP contribution in [-0.2, 0) is 9.84 Å². The van der Waals surface area contributed by atoms with Gasteiger partial charge in [0, 0.05) is 12.2 Å². The molecular weight excluding hydrogens is 230 g/mol. The molecule has 88 valence electrons. The molecule has 0 aliphatic heterocycles. The van der Waals surface area contributed by atoms with Crippen molar-refractivity contribution in [3.63, 3.8) is 0 Å². The van der Waals surface area contributed by atoms with Crippen LogP contribution in [-0.4, -0.2) is 31.8 Å². The zero-order valence-corrected chi connectivity index (χ0v) is 9.40. The van der Waals surface area contributed by atoms with E-state index < -0.39 is 15.7 Å². The Hall–Kier alpha value is -1.40. The molecule has 1 aromatic rings. The first-order valence-electron chi connectivity index (χ1n) is 4.71. The third kappa shape index (κ3) is 3.04. The number of aliphatic hydroxyl groups excluding tert-OH is 1. The van der Waals surface area contributed by atoms with Gasteiger partial charge in [-0.25, -0.2) is 8.42 Å². The van der Waals surface area contributed by atoms with Crippen molar-refractivity contribution in [1.82, 2.24) is 0 Å². The highest BCUT2D eigenvalue weighted by molar-refractivity contribution is 7.91. The van der Waals surface area contributed by atoms with E-state index >= 15 is 0 Å². The van der Waals surface area contributed by atoms with Crippen LogP contribution in [0.5, 0.6) is 0 Å². The summed E-state index contributed by atoms with van der Waals surface area (Å²) in [5.74, 6) is -0.710. The zero-order valence-electron chi connectivity index (χ0n) is 8.59. The normalized spacial score (nSPS) is 11.3. The summed E-state index contributed by atoms with van der Waals surface area (Å²) in [5.41, 5.74) is 5.30. The molecule has 0 aromatic heterocycles. The average Bonchev–Trinajstić information content (AvgIpc) is 2.26. The summed E-state index contributed by atoms with van der Waals surface area (Å²) in [6.07, 6.45) is 0.194. The van der Waals surface area contributed by atoms with Crippen LogP contribution in [0.4, 0.5) is 0 Å². The van der Waals surface area contributed by atoms with E-state index in [4.69, 9.17) is 10.8 Å². The highest BCUT2D eigenvalue weighted by Crippen LogP contribution is 2.13. The molecule has 0 radical (unpaired) electrons. The van der Waals surface area contributed by atoms with Gasteiger partial charge in [-0.3, -0.25) is 4.79 Å². The first kappa shape index (κ1) is 12.7. The number of benzene rings is 1. The molecule has 0 spiro atoms. The Balaban J connectivity index is 2.93. The summed E-state index contributed by atoms with van der Waals surface area (Å²) < 4.78 is 23.3. The fraction of sp³-hybridized carbons (Fsp3) is 0.300. The summed E-state index contributed by atoms with van der Waals surface area (Å²) in [4.78, 5) is 10.9. The Morgan fingerprint density at radius 3 is 2.25 bits per heavy atom. The van der Waals surface area contributed by atoms with Crippen LogP contribution in [0.1, 0.15) is 16.8 Å². The van der Waals surface area contributed by atoms with E-state index in [1.807, 2.05) is 0 Å². The molecular formula is C10H13NO4S. The molecule has 5 nitrogen and oxygen atoms in total. The minimum absolute atomic E-state index is 0.112. The highest BCUT2D eigenvalue weighted by atomic mass is 32.2. The van der Waals surface area contributed by atoms with Crippen molar-refractivity contribution in [3.05, 3.63) is 29.8 Å². The van der Waals surface area contributed by atoms with Gasteiger partial charge in [-0.1, -0.05) is 0 Å². The van der Waals surface area contributed by atoms with E-state index in [2.05, 4.69) is 0 Å². The first-order valence-corrected chi connectivity index (χ1v) is 6.36. The number of hydrogen-bond donors (Lipinski definition) is 2. The standard InChI is InChI=1S/C10H13NO4S/c11-10(13)8-2-4-9(5-3-8)16(14,15)7-1-6-12/h2-5,12H,1,6-7H2,(H2,11,13). The van der Waals surface area contributed by atoms with Crippen LogP contribution in [0.25, 0.3) is 0 Å². The van der Waals surface area contributed by atoms with Crippen molar-refractivity contribution in [2.24, 2.45) is 5.73 Å². The van der Waals surface area contributed by atoms with Gasteiger partial charge >= 0.3 is 0 Å². The Bertz CT molecular complexity index is 464. The average molecular weight is 243 g/mol. The number of carbonyl (C=O) groups excluding carboxylic acids is 1. The Morgan fingerprint density at radius 1 is 1.25 bits per heavy atom. The van der Waals surface area contributed by atoms with Crippen LogP contribution in [0, 0.1) is 0 Å². The molecule has 6 heteroatoms. The van der Waals surface area contributed by atoms with E-state index in [-0.39, 0.29) is 29.2 Å². The van der Waals surface area contributed by atoms with E-state index in [1.54, 1.807) is 0 Å². The fourth-order valence-electron chi connectivity index (χ4n) is 1.20. The van der Waals surface area contributed by atoms with E-state index in [0.717, 1.165) is 0 Å². The second-order valence-electron chi connectivity index (χ2n) is 3.28. The van der Waals surface area contributed by atoms with Gasteiger partial charge in [-0.15, -0.1) is 0 Å². The molecule has 1 rings (SSSR count). The molecule has 0 bridgehead atoms. The van der Waals surface area contributed by atoms with Crippen LogP contribution >= 0.6 is 0 Å². The van der Waals surface area contributed by atoms with Crippen molar-refractivity contribution in [2.45, 2.75) is 11.3 Å². The van der Waals surface area contributed by atoms with Crippen molar-refractivity contribution in [3.8, 4) is 0 Å². The van der Waals surface area contributed by atoms with Crippen molar-refractivity contribution < 1.29 is 18.3 Å². The Morgan fingerprint density at radius 2 is 1.81 bits per heavy atom. The maximum absolute atomic E-state index is 11.6. The summed E-state index contributed by atoms with van der Waals surface area (Å²) in [6.45, 7) is -0.168. The van der Waals surface area contributed by atoms with Gasteiger partial charge in [0.05, 0.1) is 10.6 Å². The summed E-state index contributed by atoms with van der Waals surface area (Å²) >= 11 is 0. The summed E-state index contributed by atoms with van der Waals surface area (Å²) in [6, 6.07) is 5.42. The number of sulfone groups is 1. The lowest BCUT2D eigenvalue weighted by molar-refractivity contribution is 0.1000. The van der Waals surface area contributed by atoms with E-state index in [1.165, 1.54) is 24.3 Å². The predicted octanol–water partition coefficient (Wildman–Crippen LogP) is -0.0584. The number of amides is 1. The third-order valence-electron chi connectivity index (χ3n) is 2.07. The molecule has 0 aliphatic carbocycles. The SMILES string of the molecule is NC(=O)c1ccc(S(=O)(=O)CCCO)cc1. The lowest BCUT2D eigenvalue weighted by Gasteiger charge is -2.03. The molecule has 0 atom stereocenters. The largest absolute Gasteiger partial charge is 0.396 e. The van der Waals surface area contributed by atoms with Crippen molar-refractivity contribution in [2.75, 3.05) is 12.4 Å². The minimum Gasteiger partial charge on any atom is -0.396 e. The molecule has 0 fully saturated rings. The topological polar surface area (TPSA) is 97.5 Å². The minimum atomic E-state index is -3.38. The van der Waals surface area contributed by atoms with E-state index in [0.29, 0.717) is 0 Å². The van der Waals surface area contributed by atoms with Crippen LogP contribution < -0.4 is 5.73 Å². The molecule has 0 saturated carbocycles. The van der Waals surface area contributed by atoms with Crippen LogP contribution in [0.2, 0.25) is 0 Å². The number of nitrogens with two attached hydrogens (primary N) is 1. The summed E-state index contributed by atoms with van der Waals surface area (Å²) in [7, 11) is -3.38. The van der Waals surface area contributed by atoms with Gasteiger partial charge in [0.1, 0.15) is 0 Å². The maximum Gasteiger partial charge on any atom is 0.248 e. The second-order valence-corrected chi connectivity index (χ2v) is 5.39. The molecule has 1 amide bonds. The van der Waals surface area contributed by atoms with Crippen LogP contribution in [0.3, 0.4) is 0 Å². The number of carbonyl (C=O) groups is 1. The molecule has 0 unspecified atom stereocenters.